The van der Waals surface area contributed by atoms with Crippen LogP contribution in [0.3, 0.4) is 0 Å². The Morgan fingerprint density at radius 1 is 0.530 bits per heavy atom. The van der Waals surface area contributed by atoms with Crippen LogP contribution in [0.4, 0.5) is 29.5 Å². The zero-order valence-corrected chi connectivity index (χ0v) is 37.1. The Bertz CT molecular complexity index is 3110. The van der Waals surface area contributed by atoms with Gasteiger partial charge in [0, 0.05) is 135 Å². The quantitative estimate of drug-likeness (QED) is 0.116. The summed E-state index contributed by atoms with van der Waals surface area (Å²) in [4.78, 5) is 53.6. The molecule has 6 heterocycles. The highest BCUT2D eigenvalue weighted by Gasteiger charge is 2.36. The van der Waals surface area contributed by atoms with Gasteiger partial charge in [-0.3, -0.25) is 19.6 Å². The van der Waals surface area contributed by atoms with E-state index in [1.165, 1.54) is 36.4 Å². The van der Waals surface area contributed by atoms with E-state index in [1.54, 1.807) is 55.1 Å². The van der Waals surface area contributed by atoms with Gasteiger partial charge in [-0.1, -0.05) is 12.1 Å². The number of carbonyl (C=O) groups excluding carboxylic acids is 2. The molecule has 18 heteroatoms. The van der Waals surface area contributed by atoms with Crippen LogP contribution in [0.15, 0.2) is 120 Å². The Morgan fingerprint density at radius 2 is 0.955 bits per heavy atom. The zero-order valence-electron chi connectivity index (χ0n) is 37.3. The Labute approximate surface area is 380 Å². The van der Waals surface area contributed by atoms with Gasteiger partial charge >= 0.3 is 0 Å². The van der Waals surface area contributed by atoms with Crippen LogP contribution in [0, 0.1) is 23.3 Å². The fourth-order valence-corrected chi connectivity index (χ4v) is 13.8. The summed E-state index contributed by atoms with van der Waals surface area (Å²) in [6, 6.07) is 19.4. The molecule has 0 saturated carbocycles. The molecule has 4 aromatic carbocycles. The second-order valence-electron chi connectivity index (χ2n) is 16.2. The summed E-state index contributed by atoms with van der Waals surface area (Å²) < 4.78 is 102. The van der Waals surface area contributed by atoms with Crippen molar-refractivity contribution in [3.8, 4) is 0 Å². The molecule has 6 aromatic rings. The normalized spacial score (nSPS) is 18.1. The first-order valence-corrected chi connectivity index (χ1v) is 25.3. The van der Waals surface area contributed by atoms with Crippen LogP contribution in [0.2, 0.25) is 0 Å². The standard InChI is InChI=1S/2C24H21F2N4O2P/c2*25-17-3-4-18-19(14-17)22(31)15-29-21(18)12-16-2-5-20(26)23(13-16)33(32)10-8-30(9-11-33)24-27-6-1-7-28-24/h2*1-7,13-14H,8-12,15H2/i12D2;. The van der Waals surface area contributed by atoms with Crippen molar-refractivity contribution in [1.29, 1.82) is 0 Å². The van der Waals surface area contributed by atoms with Crippen LogP contribution in [0.25, 0.3) is 0 Å². The minimum absolute atomic E-state index is 0.000629. The number of halogens is 4. The summed E-state index contributed by atoms with van der Waals surface area (Å²) >= 11 is 0. The van der Waals surface area contributed by atoms with Crippen LogP contribution in [-0.2, 0) is 21.9 Å². The Balaban J connectivity index is 0.000000170. The van der Waals surface area contributed by atoms with Gasteiger partial charge in [-0.05, 0) is 83.9 Å². The van der Waals surface area contributed by atoms with Crippen molar-refractivity contribution in [3.05, 3.63) is 166 Å². The van der Waals surface area contributed by atoms with Crippen molar-refractivity contribution >= 4 is 59.8 Å². The van der Waals surface area contributed by atoms with Crippen LogP contribution >= 0.6 is 14.3 Å². The topological polar surface area (TPSA) is 151 Å². The molecule has 0 atom stereocenters. The molecule has 0 N–H and O–H groups in total. The van der Waals surface area contributed by atoms with E-state index in [1.807, 2.05) is 9.80 Å². The summed E-state index contributed by atoms with van der Waals surface area (Å²) in [6.07, 6.45) is 5.75. The van der Waals surface area contributed by atoms with Crippen LogP contribution in [0.5, 0.6) is 0 Å². The SMILES string of the molecule is O=C1CN=C(Cc2ccc(F)c(P3(=O)CCN(c4ncccn4)CC3)c2)c2ccc(F)cc21.[2H]C([2H])(C1=NCC(=O)c2cc(F)ccc21)c1ccc(F)c(P2(=O)CCN(c3ncccn3)CC2)c1. The number of aromatic nitrogens is 4. The van der Waals surface area contributed by atoms with Crippen molar-refractivity contribution in [1.82, 2.24) is 19.9 Å². The molecule has 2 aromatic heterocycles. The number of nitrogens with zero attached hydrogens (tertiary/aromatic N) is 8. The molecule has 0 radical (unpaired) electrons. The largest absolute Gasteiger partial charge is 0.340 e. The molecule has 0 spiro atoms. The van der Waals surface area contributed by atoms with Crippen LogP contribution in [0.1, 0.15) is 45.7 Å². The number of aliphatic imine (C=N–C) groups is 2. The number of anilines is 2. The first-order chi connectivity index (χ1) is 32.6. The number of Topliss-reactive ketones (excluding diaryl/α,β-unsaturated/α-hetero) is 2. The maximum absolute atomic E-state index is 14.9. The lowest BCUT2D eigenvalue weighted by molar-refractivity contribution is 0.0992. The molecule has 0 aliphatic carbocycles. The minimum atomic E-state index is -3.16. The van der Waals surface area contributed by atoms with Crippen molar-refractivity contribution in [2.24, 2.45) is 9.98 Å². The van der Waals surface area contributed by atoms with Crippen molar-refractivity contribution in [2.75, 3.05) is 73.7 Å². The van der Waals surface area contributed by atoms with E-state index >= 15 is 0 Å². The first kappa shape index (κ1) is 42.2. The summed E-state index contributed by atoms with van der Waals surface area (Å²) in [5, 5.41) is 0.250. The average Bonchev–Trinajstić information content (AvgIpc) is 3.34. The number of fused-ring (bicyclic) bond motifs is 2. The molecule has 336 valence electrons. The molecule has 0 amide bonds. The van der Waals surface area contributed by atoms with Crippen LogP contribution in [-0.4, -0.2) is 107 Å². The van der Waals surface area contributed by atoms with E-state index in [0.717, 1.165) is 23.8 Å². The smallest absolute Gasteiger partial charge is 0.225 e. The average molecular weight is 935 g/mol. The highest BCUT2D eigenvalue weighted by molar-refractivity contribution is 7.72. The first-order valence-electron chi connectivity index (χ1n) is 22.2. The lowest BCUT2D eigenvalue weighted by Crippen LogP contribution is -2.38. The van der Waals surface area contributed by atoms with E-state index in [2.05, 4.69) is 29.9 Å². The Morgan fingerprint density at radius 3 is 1.44 bits per heavy atom. The van der Waals surface area contributed by atoms with E-state index in [-0.39, 0.29) is 64.2 Å². The number of hydrogen-bond acceptors (Lipinski definition) is 12. The number of ketones is 2. The summed E-state index contributed by atoms with van der Waals surface area (Å²) in [7, 11) is -6.10. The predicted molar refractivity (Wildman–Crippen MR) is 247 cm³/mol. The summed E-state index contributed by atoms with van der Waals surface area (Å²) in [6.45, 7) is 1.37. The van der Waals surface area contributed by atoms with Gasteiger partial charge in [-0.2, -0.15) is 0 Å². The van der Waals surface area contributed by atoms with Gasteiger partial charge in [0.15, 0.2) is 11.6 Å². The highest BCUT2D eigenvalue weighted by atomic mass is 31.2. The van der Waals surface area contributed by atoms with E-state index in [0.29, 0.717) is 73.7 Å². The van der Waals surface area contributed by atoms with Gasteiger partial charge in [-0.15, -0.1) is 0 Å². The summed E-state index contributed by atoms with van der Waals surface area (Å²) in [5.74, 6) is -1.74. The fourth-order valence-electron chi connectivity index (χ4n) is 8.45. The molecule has 2 fully saturated rings. The third-order valence-electron chi connectivity index (χ3n) is 12.0. The maximum Gasteiger partial charge on any atom is 0.225 e. The van der Waals surface area contributed by atoms with E-state index in [9.17, 15) is 36.3 Å². The van der Waals surface area contributed by atoms with E-state index in [4.69, 9.17) is 2.74 Å². The molecule has 10 rings (SSSR count). The van der Waals surface area contributed by atoms with E-state index < -0.39 is 49.7 Å². The lowest BCUT2D eigenvalue weighted by atomic mass is 9.93. The van der Waals surface area contributed by atoms with Crippen molar-refractivity contribution in [3.63, 3.8) is 0 Å². The van der Waals surface area contributed by atoms with Gasteiger partial charge in [0.2, 0.25) is 11.9 Å². The molecule has 0 unspecified atom stereocenters. The molecular formula is C48H42F4N8O4P2. The van der Waals surface area contributed by atoms with Gasteiger partial charge in [0.05, 0.1) is 0 Å². The third-order valence-corrected chi connectivity index (χ3v) is 18.1. The van der Waals surface area contributed by atoms with Gasteiger partial charge < -0.3 is 18.9 Å². The molecule has 4 aliphatic heterocycles. The van der Waals surface area contributed by atoms with Crippen LogP contribution < -0.4 is 20.4 Å². The molecular weight excluding hydrogens is 891 g/mol. The fraction of sp³-hybridized carbons (Fsp3) is 0.250. The maximum atomic E-state index is 14.9. The van der Waals surface area contributed by atoms with Crippen molar-refractivity contribution < 1.29 is 39.0 Å². The minimum Gasteiger partial charge on any atom is -0.340 e. The Hall–Kier alpha value is -6.50. The molecule has 4 aliphatic rings. The predicted octanol–water partition coefficient (Wildman–Crippen LogP) is 6.98. The molecule has 12 nitrogen and oxygen atoms in total. The summed E-state index contributed by atoms with van der Waals surface area (Å²) in [5.41, 5.74) is 2.56. The third kappa shape index (κ3) is 9.43. The zero-order chi connectivity index (χ0) is 47.8. The number of rotatable bonds is 8. The second-order valence-corrected chi connectivity index (χ2v) is 22.5. The van der Waals surface area contributed by atoms with Gasteiger partial charge in [-0.25, -0.2) is 37.5 Å². The number of carbonyl (C=O) groups is 2. The van der Waals surface area contributed by atoms with Gasteiger partial charge in [0.25, 0.3) is 0 Å². The molecule has 66 heavy (non-hydrogen) atoms. The lowest BCUT2D eigenvalue weighted by Gasteiger charge is -2.32. The Kier molecular flexibility index (Phi) is 12.0. The monoisotopic (exact) mass is 934 g/mol. The molecule has 0 bridgehead atoms. The van der Waals surface area contributed by atoms with Crippen molar-refractivity contribution in [2.45, 2.75) is 12.8 Å². The molecule has 2 saturated heterocycles. The second kappa shape index (κ2) is 18.8. The highest BCUT2D eigenvalue weighted by Crippen LogP contribution is 2.48. The number of benzene rings is 4. The van der Waals surface area contributed by atoms with Gasteiger partial charge in [0.1, 0.15) is 50.6 Å². The number of hydrogen-bond donors (Lipinski definition) is 0.